The van der Waals surface area contributed by atoms with Crippen molar-refractivity contribution in [3.8, 4) is 11.5 Å². The van der Waals surface area contributed by atoms with Crippen LogP contribution in [-0.2, 0) is 13.1 Å². The molecule has 0 fully saturated rings. The fraction of sp³-hybridized carbons (Fsp3) is 0.471. The zero-order chi connectivity index (χ0) is 16.1. The first-order valence-electron chi connectivity index (χ1n) is 7.52. The minimum atomic E-state index is 0.211. The van der Waals surface area contributed by atoms with E-state index in [0.717, 1.165) is 36.0 Å². The summed E-state index contributed by atoms with van der Waals surface area (Å²) in [6.07, 6.45) is 3.87. The van der Waals surface area contributed by atoms with Crippen LogP contribution in [-0.4, -0.2) is 35.7 Å². The SMILES string of the molecule is CCn1ccnc1CN(C)[C@@H](C)c1ccc(OC)cc1OC. The van der Waals surface area contributed by atoms with E-state index < -0.39 is 0 Å². The summed E-state index contributed by atoms with van der Waals surface area (Å²) in [4.78, 5) is 6.71. The second-order valence-corrected chi connectivity index (χ2v) is 5.33. The van der Waals surface area contributed by atoms with E-state index in [4.69, 9.17) is 9.47 Å². The van der Waals surface area contributed by atoms with Crippen LogP contribution >= 0.6 is 0 Å². The van der Waals surface area contributed by atoms with Gasteiger partial charge in [-0.15, -0.1) is 0 Å². The average Bonchev–Trinajstić information content (AvgIpc) is 3.00. The van der Waals surface area contributed by atoms with E-state index in [2.05, 4.69) is 41.4 Å². The van der Waals surface area contributed by atoms with Gasteiger partial charge in [0.15, 0.2) is 0 Å². The molecule has 0 aliphatic carbocycles. The Bertz CT molecular complexity index is 610. The zero-order valence-corrected chi connectivity index (χ0v) is 14.0. The molecule has 0 aliphatic heterocycles. The number of methoxy groups -OCH3 is 2. The van der Waals surface area contributed by atoms with Gasteiger partial charge in [0.05, 0.1) is 20.8 Å². The lowest BCUT2D eigenvalue weighted by Gasteiger charge is -2.26. The Balaban J connectivity index is 2.18. The quantitative estimate of drug-likeness (QED) is 0.788. The Labute approximate surface area is 132 Å². The molecule has 5 nitrogen and oxygen atoms in total. The van der Waals surface area contributed by atoms with Gasteiger partial charge in [-0.25, -0.2) is 4.98 Å². The van der Waals surface area contributed by atoms with Crippen molar-refractivity contribution in [2.75, 3.05) is 21.3 Å². The van der Waals surface area contributed by atoms with Crippen LogP contribution in [0, 0.1) is 0 Å². The molecule has 0 amide bonds. The molecule has 2 aromatic rings. The normalized spacial score (nSPS) is 12.5. The van der Waals surface area contributed by atoms with Crippen molar-refractivity contribution in [1.82, 2.24) is 14.5 Å². The summed E-state index contributed by atoms with van der Waals surface area (Å²) in [5, 5.41) is 0. The minimum Gasteiger partial charge on any atom is -0.497 e. The highest BCUT2D eigenvalue weighted by Gasteiger charge is 2.18. The van der Waals surface area contributed by atoms with Gasteiger partial charge in [-0.1, -0.05) is 6.07 Å². The van der Waals surface area contributed by atoms with E-state index in [1.165, 1.54) is 0 Å². The molecule has 1 aromatic carbocycles. The fourth-order valence-corrected chi connectivity index (χ4v) is 2.54. The molecule has 1 aromatic heterocycles. The van der Waals surface area contributed by atoms with Crippen LogP contribution in [0.3, 0.4) is 0 Å². The first-order valence-corrected chi connectivity index (χ1v) is 7.52. The lowest BCUT2D eigenvalue weighted by Crippen LogP contribution is -2.24. The van der Waals surface area contributed by atoms with Crippen molar-refractivity contribution in [2.24, 2.45) is 0 Å². The summed E-state index contributed by atoms with van der Waals surface area (Å²) in [6.45, 7) is 6.02. The molecule has 0 saturated carbocycles. The van der Waals surface area contributed by atoms with Gasteiger partial charge in [0.25, 0.3) is 0 Å². The van der Waals surface area contributed by atoms with Gasteiger partial charge in [-0.05, 0) is 27.0 Å². The molecule has 2 rings (SSSR count). The summed E-state index contributed by atoms with van der Waals surface area (Å²) < 4.78 is 12.9. The molecule has 22 heavy (non-hydrogen) atoms. The van der Waals surface area contributed by atoms with E-state index in [1.54, 1.807) is 14.2 Å². The Morgan fingerprint density at radius 1 is 1.27 bits per heavy atom. The summed E-state index contributed by atoms with van der Waals surface area (Å²) in [5.74, 6) is 2.72. The number of aryl methyl sites for hydroxylation is 1. The highest BCUT2D eigenvalue weighted by Crippen LogP contribution is 2.32. The van der Waals surface area contributed by atoms with Crippen molar-refractivity contribution in [2.45, 2.75) is 33.0 Å². The highest BCUT2D eigenvalue weighted by molar-refractivity contribution is 5.42. The van der Waals surface area contributed by atoms with E-state index in [9.17, 15) is 0 Å². The summed E-state index contributed by atoms with van der Waals surface area (Å²) in [7, 11) is 5.45. The van der Waals surface area contributed by atoms with Crippen LogP contribution in [0.5, 0.6) is 11.5 Å². The van der Waals surface area contributed by atoms with Gasteiger partial charge in [-0.3, -0.25) is 4.90 Å². The standard InChI is InChI=1S/C17H25N3O2/c1-6-20-10-9-18-17(20)12-19(3)13(2)15-8-7-14(21-4)11-16(15)22-5/h7-11,13H,6,12H2,1-5H3/t13-/m0/s1. The maximum absolute atomic E-state index is 5.51. The van der Waals surface area contributed by atoms with Crippen LogP contribution in [0.4, 0.5) is 0 Å². The summed E-state index contributed by atoms with van der Waals surface area (Å²) >= 11 is 0. The number of hydrogen-bond donors (Lipinski definition) is 0. The number of aromatic nitrogens is 2. The first kappa shape index (κ1) is 16.4. The molecule has 0 saturated heterocycles. The first-order chi connectivity index (χ1) is 10.6. The van der Waals surface area contributed by atoms with Crippen LogP contribution in [0.25, 0.3) is 0 Å². The van der Waals surface area contributed by atoms with Crippen molar-refractivity contribution < 1.29 is 9.47 Å². The fourth-order valence-electron chi connectivity index (χ4n) is 2.54. The number of imidazole rings is 1. The third-order valence-electron chi connectivity index (χ3n) is 4.09. The third-order valence-corrected chi connectivity index (χ3v) is 4.09. The molecule has 0 radical (unpaired) electrons. The zero-order valence-electron chi connectivity index (χ0n) is 14.0. The third kappa shape index (κ3) is 3.42. The molecular formula is C17H25N3O2. The second kappa shape index (κ2) is 7.31. The van der Waals surface area contributed by atoms with E-state index in [0.29, 0.717) is 0 Å². The van der Waals surface area contributed by atoms with Gasteiger partial charge in [-0.2, -0.15) is 0 Å². The monoisotopic (exact) mass is 303 g/mol. The number of hydrogen-bond acceptors (Lipinski definition) is 4. The molecular weight excluding hydrogens is 278 g/mol. The topological polar surface area (TPSA) is 39.5 Å². The number of rotatable bonds is 7. The predicted molar refractivity (Wildman–Crippen MR) is 87.3 cm³/mol. The van der Waals surface area contributed by atoms with Gasteiger partial charge >= 0.3 is 0 Å². The number of ether oxygens (including phenoxy) is 2. The molecule has 120 valence electrons. The van der Waals surface area contributed by atoms with Crippen LogP contribution in [0.1, 0.15) is 31.3 Å². The average molecular weight is 303 g/mol. The van der Waals surface area contributed by atoms with Crippen molar-refractivity contribution in [3.05, 3.63) is 42.0 Å². The molecule has 0 spiro atoms. The molecule has 0 bridgehead atoms. The second-order valence-electron chi connectivity index (χ2n) is 5.33. The summed E-state index contributed by atoms with van der Waals surface area (Å²) in [5.41, 5.74) is 1.14. The molecule has 0 aliphatic rings. The molecule has 0 N–H and O–H groups in total. The maximum Gasteiger partial charge on any atom is 0.127 e. The van der Waals surface area contributed by atoms with Crippen molar-refractivity contribution in [1.29, 1.82) is 0 Å². The number of benzene rings is 1. The Morgan fingerprint density at radius 2 is 2.05 bits per heavy atom. The van der Waals surface area contributed by atoms with E-state index >= 15 is 0 Å². The maximum atomic E-state index is 5.51. The Morgan fingerprint density at radius 3 is 2.68 bits per heavy atom. The summed E-state index contributed by atoms with van der Waals surface area (Å²) in [6, 6.07) is 6.16. The van der Waals surface area contributed by atoms with Gasteiger partial charge in [0.1, 0.15) is 17.3 Å². The van der Waals surface area contributed by atoms with Crippen LogP contribution in [0.2, 0.25) is 0 Å². The minimum absolute atomic E-state index is 0.211. The van der Waals surface area contributed by atoms with E-state index in [1.807, 2.05) is 24.5 Å². The largest absolute Gasteiger partial charge is 0.497 e. The lowest BCUT2D eigenvalue weighted by molar-refractivity contribution is 0.238. The van der Waals surface area contributed by atoms with Crippen molar-refractivity contribution >= 4 is 0 Å². The number of nitrogens with zero attached hydrogens (tertiary/aromatic N) is 3. The molecule has 0 unspecified atom stereocenters. The van der Waals surface area contributed by atoms with Crippen LogP contribution < -0.4 is 9.47 Å². The smallest absolute Gasteiger partial charge is 0.127 e. The lowest BCUT2D eigenvalue weighted by atomic mass is 10.1. The van der Waals surface area contributed by atoms with E-state index in [-0.39, 0.29) is 6.04 Å². The van der Waals surface area contributed by atoms with Crippen molar-refractivity contribution in [3.63, 3.8) is 0 Å². The van der Waals surface area contributed by atoms with Gasteiger partial charge in [0, 0.05) is 36.6 Å². The van der Waals surface area contributed by atoms with Crippen LogP contribution in [0.15, 0.2) is 30.6 Å². The molecule has 1 heterocycles. The molecule has 1 atom stereocenters. The van der Waals surface area contributed by atoms with Gasteiger partial charge < -0.3 is 14.0 Å². The highest BCUT2D eigenvalue weighted by atomic mass is 16.5. The predicted octanol–water partition coefficient (Wildman–Crippen LogP) is 3.11. The Hall–Kier alpha value is -2.01. The van der Waals surface area contributed by atoms with Gasteiger partial charge in [0.2, 0.25) is 0 Å². The Kier molecular flexibility index (Phi) is 5.44. The molecule has 5 heteroatoms.